The minimum Gasteiger partial charge on any atom is -0.351 e. The number of nitro groups is 1. The fourth-order valence-electron chi connectivity index (χ4n) is 2.58. The molecule has 3 rings (SSSR count). The second-order valence-corrected chi connectivity index (χ2v) is 7.56. The zero-order valence-electron chi connectivity index (χ0n) is 15.2. The highest BCUT2D eigenvalue weighted by atomic mass is 32.2. The normalized spacial score (nSPS) is 11.8. The summed E-state index contributed by atoms with van der Waals surface area (Å²) in [7, 11) is 0. The standard InChI is InChI=1S/C19H19N5O3S/c1-14(28-18-7-5-17(6-8-18)24(26)27)19(25)21-10-15-3-2-4-16(9-15)11-23-13-20-12-22-23/h2-9,12-14H,10-11H2,1H3,(H,21,25)/t14-/m0/s1. The summed E-state index contributed by atoms with van der Waals surface area (Å²) in [6.45, 7) is 2.85. The summed E-state index contributed by atoms with van der Waals surface area (Å²) in [5, 5.41) is 17.4. The van der Waals surface area contributed by atoms with Crippen LogP contribution >= 0.6 is 11.8 Å². The molecule has 0 unspecified atom stereocenters. The maximum absolute atomic E-state index is 12.4. The molecule has 1 heterocycles. The largest absolute Gasteiger partial charge is 0.351 e. The van der Waals surface area contributed by atoms with Crippen LogP contribution in [-0.2, 0) is 17.9 Å². The number of thioether (sulfide) groups is 1. The average molecular weight is 397 g/mol. The van der Waals surface area contributed by atoms with E-state index in [4.69, 9.17) is 0 Å². The summed E-state index contributed by atoms with van der Waals surface area (Å²) >= 11 is 1.36. The summed E-state index contributed by atoms with van der Waals surface area (Å²) < 4.78 is 1.74. The maximum Gasteiger partial charge on any atom is 0.269 e. The van der Waals surface area contributed by atoms with Crippen molar-refractivity contribution in [2.24, 2.45) is 0 Å². The lowest BCUT2D eigenvalue weighted by atomic mass is 10.1. The number of nitrogens with one attached hydrogen (secondary N) is 1. The molecule has 144 valence electrons. The van der Waals surface area contributed by atoms with Gasteiger partial charge in [-0.15, -0.1) is 11.8 Å². The van der Waals surface area contributed by atoms with Gasteiger partial charge in [0.2, 0.25) is 5.91 Å². The number of carbonyl (C=O) groups excluding carboxylic acids is 1. The van der Waals surface area contributed by atoms with Gasteiger partial charge in [-0.3, -0.25) is 14.9 Å². The molecular weight excluding hydrogens is 378 g/mol. The van der Waals surface area contributed by atoms with Crippen LogP contribution in [0.3, 0.4) is 0 Å². The second kappa shape index (κ2) is 9.14. The van der Waals surface area contributed by atoms with Gasteiger partial charge in [0, 0.05) is 23.6 Å². The lowest BCUT2D eigenvalue weighted by Crippen LogP contribution is -2.30. The van der Waals surface area contributed by atoms with Crippen LogP contribution in [-0.4, -0.2) is 30.8 Å². The number of hydrogen-bond donors (Lipinski definition) is 1. The third kappa shape index (κ3) is 5.40. The van der Waals surface area contributed by atoms with Gasteiger partial charge < -0.3 is 5.32 Å². The van der Waals surface area contributed by atoms with Gasteiger partial charge >= 0.3 is 0 Å². The third-order valence-electron chi connectivity index (χ3n) is 4.00. The van der Waals surface area contributed by atoms with Crippen LogP contribution in [0.2, 0.25) is 0 Å². The SMILES string of the molecule is C[C@H](Sc1ccc([N+](=O)[O-])cc1)C(=O)NCc1cccc(Cn2cncn2)c1. The molecule has 1 amide bonds. The van der Waals surface area contributed by atoms with Crippen LogP contribution in [0.4, 0.5) is 5.69 Å². The number of nitrogens with zero attached hydrogens (tertiary/aromatic N) is 4. The fourth-order valence-corrected chi connectivity index (χ4v) is 3.47. The highest BCUT2D eigenvalue weighted by Crippen LogP contribution is 2.25. The van der Waals surface area contributed by atoms with E-state index >= 15 is 0 Å². The Bertz CT molecular complexity index is 944. The predicted molar refractivity (Wildman–Crippen MR) is 106 cm³/mol. The van der Waals surface area contributed by atoms with Crippen LogP contribution in [0.25, 0.3) is 0 Å². The molecule has 8 nitrogen and oxygen atoms in total. The minimum absolute atomic E-state index is 0.0345. The van der Waals surface area contributed by atoms with Crippen molar-refractivity contribution in [1.29, 1.82) is 0 Å². The maximum atomic E-state index is 12.4. The van der Waals surface area contributed by atoms with Crippen LogP contribution in [0.5, 0.6) is 0 Å². The zero-order chi connectivity index (χ0) is 19.9. The molecule has 1 aromatic heterocycles. The van der Waals surface area contributed by atoms with Gasteiger partial charge in [-0.05, 0) is 30.2 Å². The van der Waals surface area contributed by atoms with Crippen molar-refractivity contribution < 1.29 is 9.72 Å². The highest BCUT2D eigenvalue weighted by molar-refractivity contribution is 8.00. The van der Waals surface area contributed by atoms with Crippen molar-refractivity contribution in [3.63, 3.8) is 0 Å². The van der Waals surface area contributed by atoms with Crippen LogP contribution in [0, 0.1) is 10.1 Å². The fraction of sp³-hybridized carbons (Fsp3) is 0.211. The van der Waals surface area contributed by atoms with Crippen molar-refractivity contribution in [2.45, 2.75) is 30.2 Å². The Labute approximate surface area is 166 Å². The Morgan fingerprint density at radius 3 is 2.68 bits per heavy atom. The quantitative estimate of drug-likeness (QED) is 0.356. The molecule has 0 aliphatic heterocycles. The zero-order valence-corrected chi connectivity index (χ0v) is 16.0. The first-order chi connectivity index (χ1) is 13.5. The molecule has 3 aromatic rings. The Morgan fingerprint density at radius 2 is 2.00 bits per heavy atom. The van der Waals surface area contributed by atoms with E-state index in [-0.39, 0.29) is 16.8 Å². The number of rotatable bonds is 8. The summed E-state index contributed by atoms with van der Waals surface area (Å²) in [6.07, 6.45) is 3.15. The molecule has 2 aromatic carbocycles. The van der Waals surface area contributed by atoms with Crippen LogP contribution in [0.1, 0.15) is 18.1 Å². The van der Waals surface area contributed by atoms with Crippen molar-refractivity contribution in [3.05, 3.63) is 82.4 Å². The summed E-state index contributed by atoms with van der Waals surface area (Å²) in [5.74, 6) is -0.0926. The number of hydrogen-bond acceptors (Lipinski definition) is 6. The number of amides is 1. The third-order valence-corrected chi connectivity index (χ3v) is 5.11. The van der Waals surface area contributed by atoms with Gasteiger partial charge in [0.15, 0.2) is 0 Å². The van der Waals surface area contributed by atoms with Gasteiger partial charge in [0.05, 0.1) is 16.7 Å². The topological polar surface area (TPSA) is 103 Å². The Morgan fingerprint density at radius 1 is 1.25 bits per heavy atom. The molecule has 0 saturated heterocycles. The first-order valence-corrected chi connectivity index (χ1v) is 9.48. The number of nitro benzene ring substituents is 1. The minimum atomic E-state index is -0.443. The Kier molecular flexibility index (Phi) is 6.38. The smallest absolute Gasteiger partial charge is 0.269 e. The molecule has 9 heteroatoms. The molecular formula is C19H19N5O3S. The van der Waals surface area contributed by atoms with Crippen molar-refractivity contribution in [2.75, 3.05) is 0 Å². The van der Waals surface area contributed by atoms with Crippen molar-refractivity contribution in [3.8, 4) is 0 Å². The van der Waals surface area contributed by atoms with E-state index in [2.05, 4.69) is 15.4 Å². The summed E-state index contributed by atoms with van der Waals surface area (Å²) in [4.78, 5) is 27.4. The molecule has 28 heavy (non-hydrogen) atoms. The van der Waals surface area contributed by atoms with Crippen LogP contribution < -0.4 is 5.32 Å². The number of benzene rings is 2. The molecule has 0 bridgehead atoms. The highest BCUT2D eigenvalue weighted by Gasteiger charge is 2.15. The summed E-state index contributed by atoms with van der Waals surface area (Å²) in [5.41, 5.74) is 2.11. The van der Waals surface area contributed by atoms with E-state index in [1.807, 2.05) is 31.2 Å². The second-order valence-electron chi connectivity index (χ2n) is 6.14. The van der Waals surface area contributed by atoms with E-state index in [9.17, 15) is 14.9 Å². The first-order valence-electron chi connectivity index (χ1n) is 8.60. The number of aromatic nitrogens is 3. The van der Waals surface area contributed by atoms with Gasteiger partial charge in [0.1, 0.15) is 12.7 Å². The van der Waals surface area contributed by atoms with E-state index in [1.54, 1.807) is 23.1 Å². The van der Waals surface area contributed by atoms with E-state index in [0.717, 1.165) is 16.0 Å². The molecule has 0 aliphatic rings. The van der Waals surface area contributed by atoms with Gasteiger partial charge in [-0.25, -0.2) is 9.67 Å². The lowest BCUT2D eigenvalue weighted by Gasteiger charge is -2.12. The van der Waals surface area contributed by atoms with E-state index in [1.165, 1.54) is 30.2 Å². The number of carbonyl (C=O) groups is 1. The van der Waals surface area contributed by atoms with E-state index in [0.29, 0.717) is 13.1 Å². The lowest BCUT2D eigenvalue weighted by molar-refractivity contribution is -0.384. The predicted octanol–water partition coefficient (Wildman–Crippen LogP) is 3.03. The van der Waals surface area contributed by atoms with Gasteiger partial charge in [-0.1, -0.05) is 24.3 Å². The Hall–Kier alpha value is -3.20. The van der Waals surface area contributed by atoms with Crippen molar-refractivity contribution >= 4 is 23.4 Å². The molecule has 1 N–H and O–H groups in total. The summed E-state index contributed by atoms with van der Waals surface area (Å²) in [6, 6.07) is 14.1. The molecule has 0 spiro atoms. The molecule has 1 atom stereocenters. The first kappa shape index (κ1) is 19.6. The van der Waals surface area contributed by atoms with Gasteiger partial charge in [0.25, 0.3) is 5.69 Å². The monoisotopic (exact) mass is 397 g/mol. The van der Waals surface area contributed by atoms with Crippen molar-refractivity contribution in [1.82, 2.24) is 20.1 Å². The molecule has 0 saturated carbocycles. The molecule has 0 aliphatic carbocycles. The molecule has 0 fully saturated rings. The average Bonchev–Trinajstić information content (AvgIpc) is 3.19. The number of non-ortho nitro benzene ring substituents is 1. The van der Waals surface area contributed by atoms with Gasteiger partial charge in [-0.2, -0.15) is 5.10 Å². The Balaban J connectivity index is 1.52. The van der Waals surface area contributed by atoms with E-state index < -0.39 is 4.92 Å². The van der Waals surface area contributed by atoms with Crippen LogP contribution in [0.15, 0.2) is 66.1 Å². The molecule has 0 radical (unpaired) electrons.